The first kappa shape index (κ1) is 55.0. The van der Waals surface area contributed by atoms with E-state index in [9.17, 15) is 0 Å². The molecular formula is C32H60Li4N4O4Si4+4. The van der Waals surface area contributed by atoms with Crippen LogP contribution >= 0.6 is 0 Å². The summed E-state index contributed by atoms with van der Waals surface area (Å²) in [6.07, 6.45) is 6.84. The summed E-state index contributed by atoms with van der Waals surface area (Å²) < 4.78 is 20.8. The van der Waals surface area contributed by atoms with Crippen LogP contribution in [0.25, 0.3) is 9.96 Å². The number of hydrogen-bond acceptors (Lipinski definition) is 4. The molecule has 0 saturated carbocycles. The Morgan fingerprint density at radius 2 is 0.688 bits per heavy atom. The fourth-order valence-electron chi connectivity index (χ4n) is 3.11. The predicted octanol–water partition coefficient (Wildman–Crippen LogP) is -3.65. The molecule has 0 atom stereocenters. The predicted molar refractivity (Wildman–Crippen MR) is 194 cm³/mol. The normalized spacial score (nSPS) is 10.9. The standard InChI is InChI=1S/2C8H15NOSi.2C8H14NOSi.4Li/c4*1-11(2,3)9-7-8-5-4-6-10-8;;;;/h2*4-6,9H,7H2,1-3H3;2*4-6H,7H2,1-3H3;;;;/q;;2*-1;4*+1/p+2. The molecule has 0 amide bonds. The molecule has 0 aliphatic rings. The van der Waals surface area contributed by atoms with Crippen LogP contribution in [0.15, 0.2) is 91.3 Å². The van der Waals surface area contributed by atoms with Crippen LogP contribution in [0, 0.1) is 0 Å². The van der Waals surface area contributed by atoms with Gasteiger partial charge >= 0.3 is 75.4 Å². The van der Waals surface area contributed by atoms with Gasteiger partial charge in [-0.1, -0.05) is 68.8 Å². The maximum atomic E-state index is 5.22. The second kappa shape index (κ2) is 27.8. The van der Waals surface area contributed by atoms with E-state index in [0.29, 0.717) is 0 Å². The third-order valence-corrected chi connectivity index (χ3v) is 10.6. The second-order valence-electron chi connectivity index (χ2n) is 14.8. The molecule has 4 heterocycles. The average molecular weight is 705 g/mol. The van der Waals surface area contributed by atoms with Crippen molar-refractivity contribution in [1.29, 1.82) is 0 Å². The number of quaternary nitrogens is 2. The van der Waals surface area contributed by atoms with E-state index in [0.717, 1.165) is 49.2 Å². The van der Waals surface area contributed by atoms with Crippen LogP contribution in [0.2, 0.25) is 78.6 Å². The summed E-state index contributed by atoms with van der Waals surface area (Å²) in [6.45, 7) is 30.7. The molecule has 4 aromatic heterocycles. The first-order valence-electron chi connectivity index (χ1n) is 15.5. The van der Waals surface area contributed by atoms with Gasteiger partial charge in [0.2, 0.25) is 0 Å². The molecule has 4 rings (SSSR count). The zero-order valence-corrected chi connectivity index (χ0v) is 37.4. The van der Waals surface area contributed by atoms with Crippen LogP contribution in [0.3, 0.4) is 0 Å². The zero-order valence-electron chi connectivity index (χ0n) is 33.4. The Kier molecular flexibility index (Phi) is 31.9. The summed E-state index contributed by atoms with van der Waals surface area (Å²) >= 11 is 0. The molecule has 16 heteroatoms. The fraction of sp³-hybridized carbons (Fsp3) is 0.500. The number of rotatable bonds is 12. The minimum Gasteiger partial charge on any atom is -0.659 e. The third kappa shape index (κ3) is 34.7. The Hall–Kier alpha value is 0.217. The summed E-state index contributed by atoms with van der Waals surface area (Å²) in [5, 5.41) is 0. The molecule has 0 aliphatic carbocycles. The van der Waals surface area contributed by atoms with Crippen molar-refractivity contribution in [1.82, 2.24) is 0 Å². The molecule has 0 aliphatic heterocycles. The van der Waals surface area contributed by atoms with E-state index in [2.05, 4.69) is 98.5 Å². The Morgan fingerprint density at radius 1 is 0.438 bits per heavy atom. The summed E-state index contributed by atoms with van der Waals surface area (Å²) in [4.78, 5) is 13.9. The van der Waals surface area contributed by atoms with Crippen LogP contribution in [-0.4, -0.2) is 32.9 Å². The van der Waals surface area contributed by atoms with Gasteiger partial charge in [0.1, 0.15) is 13.1 Å². The van der Waals surface area contributed by atoms with E-state index in [4.69, 9.17) is 17.7 Å². The van der Waals surface area contributed by atoms with Gasteiger partial charge in [0.25, 0.3) is 16.5 Å². The molecule has 8 nitrogen and oxygen atoms in total. The summed E-state index contributed by atoms with van der Waals surface area (Å²) in [5.74, 6) is 4.08. The fourth-order valence-corrected chi connectivity index (χ4v) is 5.99. The molecule has 0 unspecified atom stereocenters. The van der Waals surface area contributed by atoms with Crippen molar-refractivity contribution in [2.24, 2.45) is 0 Å². The van der Waals surface area contributed by atoms with Crippen molar-refractivity contribution >= 4 is 32.9 Å². The van der Waals surface area contributed by atoms with E-state index >= 15 is 0 Å². The smallest absolute Gasteiger partial charge is 0.659 e. The second-order valence-corrected chi connectivity index (χ2v) is 34.4. The molecule has 0 radical (unpaired) electrons. The summed E-state index contributed by atoms with van der Waals surface area (Å²) in [7, 11) is -4.49. The Bertz CT molecular complexity index is 1010. The molecule has 0 fully saturated rings. The molecule has 0 bridgehead atoms. The summed E-state index contributed by atoms with van der Waals surface area (Å²) in [5.41, 5.74) is 0. The Morgan fingerprint density at radius 3 is 0.875 bits per heavy atom. The Labute approximate surface area is 344 Å². The van der Waals surface area contributed by atoms with Crippen molar-refractivity contribution in [2.75, 3.05) is 0 Å². The van der Waals surface area contributed by atoms with Gasteiger partial charge in [-0.15, -0.1) is 0 Å². The maximum absolute atomic E-state index is 5.22. The molecule has 248 valence electrons. The number of hydrogen-bond donors (Lipinski definition) is 2. The van der Waals surface area contributed by atoms with Gasteiger partial charge in [-0.2, -0.15) is 0 Å². The van der Waals surface area contributed by atoms with E-state index in [1.165, 1.54) is 0 Å². The summed E-state index contributed by atoms with van der Waals surface area (Å²) in [6, 6.07) is 15.6. The quantitative estimate of drug-likeness (QED) is 0.148. The molecule has 0 spiro atoms. The first-order chi connectivity index (χ1) is 20.3. The topological polar surface area (TPSA) is 114 Å². The van der Waals surface area contributed by atoms with Crippen LogP contribution in [-0.2, 0) is 26.2 Å². The molecule has 4 N–H and O–H groups in total. The SMILES string of the molecule is C[Si](C)(C)[N-]Cc1ccco1.C[Si](C)(C)[N-]Cc1ccco1.C[Si](C)(C)[NH2+]Cc1ccco1.C[Si](C)(C)[NH2+]Cc1ccco1.[Li+].[Li+].[Li+].[Li+]. The molecule has 4 aromatic rings. The van der Waals surface area contributed by atoms with E-state index < -0.39 is 32.9 Å². The van der Waals surface area contributed by atoms with Crippen molar-refractivity contribution in [2.45, 2.75) is 105 Å². The minimum absolute atomic E-state index is 0. The largest absolute Gasteiger partial charge is 1.00 e. The van der Waals surface area contributed by atoms with E-state index in [-0.39, 0.29) is 75.4 Å². The van der Waals surface area contributed by atoms with Crippen molar-refractivity contribution in [3.63, 3.8) is 0 Å². The van der Waals surface area contributed by atoms with Gasteiger partial charge in [-0.3, -0.25) is 0 Å². The molecule has 0 saturated heterocycles. The molecule has 48 heavy (non-hydrogen) atoms. The molecular weight excluding hydrogens is 644 g/mol. The van der Waals surface area contributed by atoms with Crippen LogP contribution in [0.1, 0.15) is 23.0 Å². The molecule has 0 aromatic carbocycles. The van der Waals surface area contributed by atoms with Crippen molar-refractivity contribution < 1.29 is 103 Å². The first-order valence-corrected chi connectivity index (χ1v) is 29.5. The monoisotopic (exact) mass is 704 g/mol. The van der Waals surface area contributed by atoms with Gasteiger partial charge in [0.05, 0.1) is 36.6 Å². The van der Waals surface area contributed by atoms with Gasteiger partial charge in [-0.25, -0.2) is 0 Å². The minimum atomic E-state index is -1.25. The van der Waals surface area contributed by atoms with Crippen LogP contribution < -0.4 is 85.4 Å². The zero-order chi connectivity index (χ0) is 33.3. The van der Waals surface area contributed by atoms with Gasteiger partial charge in [-0.05, 0) is 87.8 Å². The number of furan rings is 4. The van der Waals surface area contributed by atoms with E-state index in [1.807, 2.05) is 48.5 Å². The van der Waals surface area contributed by atoms with Crippen molar-refractivity contribution in [3.8, 4) is 0 Å². The Balaban J connectivity index is -0.000000262. The van der Waals surface area contributed by atoms with Gasteiger partial charge in [0, 0.05) is 0 Å². The number of nitrogens with zero attached hydrogens (tertiary/aromatic N) is 2. The average Bonchev–Trinajstić information content (AvgIpc) is 3.72. The van der Waals surface area contributed by atoms with Gasteiger partial charge < -0.3 is 37.6 Å². The van der Waals surface area contributed by atoms with Crippen LogP contribution in [0.4, 0.5) is 0 Å². The number of nitrogens with two attached hydrogens (primary N) is 2. The van der Waals surface area contributed by atoms with Crippen LogP contribution in [0.5, 0.6) is 0 Å². The third-order valence-electron chi connectivity index (χ3n) is 5.57. The van der Waals surface area contributed by atoms with Gasteiger partial charge in [0.15, 0.2) is 11.5 Å². The maximum Gasteiger partial charge on any atom is 1.00 e. The van der Waals surface area contributed by atoms with E-state index in [1.54, 1.807) is 25.1 Å². The van der Waals surface area contributed by atoms with Crippen molar-refractivity contribution in [3.05, 3.63) is 107 Å².